The van der Waals surface area contributed by atoms with E-state index in [1.165, 1.54) is 0 Å². The Morgan fingerprint density at radius 3 is 2.34 bits per heavy atom. The van der Waals surface area contributed by atoms with E-state index in [0.29, 0.717) is 6.54 Å². The third-order valence-electron chi connectivity index (χ3n) is 5.28. The van der Waals surface area contributed by atoms with Crippen molar-refractivity contribution in [2.75, 3.05) is 0 Å². The summed E-state index contributed by atoms with van der Waals surface area (Å²) < 4.78 is 0.983. The van der Waals surface area contributed by atoms with Crippen LogP contribution in [0.5, 0.6) is 0 Å². The Balaban J connectivity index is 2.26. The van der Waals surface area contributed by atoms with Gasteiger partial charge in [-0.25, -0.2) is 0 Å². The highest BCUT2D eigenvalue weighted by Crippen LogP contribution is 2.17. The lowest BCUT2D eigenvalue weighted by Gasteiger charge is -2.30. The minimum absolute atomic E-state index is 0.0478. The van der Waals surface area contributed by atoms with Crippen LogP contribution in [0.1, 0.15) is 49.4 Å². The molecule has 29 heavy (non-hydrogen) atoms. The molecule has 0 heterocycles. The van der Waals surface area contributed by atoms with Crippen molar-refractivity contribution in [2.24, 2.45) is 0 Å². The molecule has 2 amide bonds. The Bertz CT molecular complexity index is 848. The number of aryl methyl sites for hydroxylation is 2. The highest BCUT2D eigenvalue weighted by Gasteiger charge is 2.27. The number of nitrogens with one attached hydrogen (secondary N) is 1. The second kappa shape index (κ2) is 10.6. The number of benzene rings is 2. The molecule has 4 nitrogen and oxygen atoms in total. The molecule has 0 radical (unpaired) electrons. The fourth-order valence-corrected chi connectivity index (χ4v) is 3.35. The Kier molecular flexibility index (Phi) is 8.45. The van der Waals surface area contributed by atoms with Gasteiger partial charge in [-0.05, 0) is 62.9 Å². The van der Waals surface area contributed by atoms with Crippen LogP contribution in [-0.2, 0) is 22.6 Å². The van der Waals surface area contributed by atoms with Gasteiger partial charge in [-0.1, -0.05) is 58.7 Å². The number of amides is 2. The van der Waals surface area contributed by atoms with Crippen LogP contribution in [-0.4, -0.2) is 28.8 Å². The summed E-state index contributed by atoms with van der Waals surface area (Å²) in [7, 11) is 0. The summed E-state index contributed by atoms with van der Waals surface area (Å²) in [5.41, 5.74) is 4.21. The lowest BCUT2D eigenvalue weighted by atomic mass is 10.0. The second-order valence-electron chi connectivity index (χ2n) is 7.75. The number of rotatable bonds is 8. The zero-order valence-corrected chi connectivity index (χ0v) is 19.5. The topological polar surface area (TPSA) is 49.4 Å². The number of carbonyl (C=O) groups excluding carboxylic acids is 2. The first kappa shape index (κ1) is 23.1. The highest BCUT2D eigenvalue weighted by atomic mass is 79.9. The molecule has 0 unspecified atom stereocenters. The average Bonchev–Trinajstić information content (AvgIpc) is 2.69. The molecule has 2 aromatic rings. The van der Waals surface area contributed by atoms with Crippen molar-refractivity contribution in [1.29, 1.82) is 0 Å². The van der Waals surface area contributed by atoms with Crippen LogP contribution in [0.4, 0.5) is 0 Å². The lowest BCUT2D eigenvalue weighted by molar-refractivity contribution is -0.140. The van der Waals surface area contributed by atoms with Crippen LogP contribution < -0.4 is 5.32 Å². The Morgan fingerprint density at radius 1 is 1.07 bits per heavy atom. The molecule has 156 valence electrons. The van der Waals surface area contributed by atoms with E-state index < -0.39 is 6.04 Å². The molecular formula is C24H31BrN2O2. The maximum Gasteiger partial charge on any atom is 0.242 e. The molecule has 2 aromatic carbocycles. The second-order valence-corrected chi connectivity index (χ2v) is 8.66. The molecule has 0 aliphatic heterocycles. The summed E-state index contributed by atoms with van der Waals surface area (Å²) in [6.45, 7) is 10.2. The van der Waals surface area contributed by atoms with Gasteiger partial charge in [0.1, 0.15) is 6.04 Å². The smallest absolute Gasteiger partial charge is 0.242 e. The summed E-state index contributed by atoms with van der Waals surface area (Å²) in [6.07, 6.45) is 1.13. The van der Waals surface area contributed by atoms with E-state index in [2.05, 4.69) is 27.3 Å². The number of halogens is 1. The van der Waals surface area contributed by atoms with E-state index in [4.69, 9.17) is 0 Å². The first-order chi connectivity index (χ1) is 13.7. The van der Waals surface area contributed by atoms with Crippen LogP contribution in [0.3, 0.4) is 0 Å². The summed E-state index contributed by atoms with van der Waals surface area (Å²) in [5.74, 6) is -0.167. The Morgan fingerprint density at radius 2 is 1.72 bits per heavy atom. The van der Waals surface area contributed by atoms with Crippen molar-refractivity contribution in [3.05, 3.63) is 69.2 Å². The lowest BCUT2D eigenvalue weighted by Crippen LogP contribution is -2.49. The number of hydrogen-bond donors (Lipinski definition) is 1. The summed E-state index contributed by atoms with van der Waals surface area (Å²) in [5, 5.41) is 3.00. The van der Waals surface area contributed by atoms with Crippen LogP contribution >= 0.6 is 15.9 Å². The predicted octanol–water partition coefficient (Wildman–Crippen LogP) is 4.94. The summed E-state index contributed by atoms with van der Waals surface area (Å²) >= 11 is 3.44. The molecule has 0 aromatic heterocycles. The standard InChI is InChI=1S/C24H31BrN2O2/c1-6-18(4)26-24(29)19(5)27(15-20-9-11-22(25)12-10-20)23(28)14-21-13-16(2)7-8-17(21)3/h7-13,18-19H,6,14-15H2,1-5H3,(H,26,29)/t18-,19+/m0/s1. The van der Waals surface area contributed by atoms with E-state index in [9.17, 15) is 9.59 Å². The third-order valence-corrected chi connectivity index (χ3v) is 5.81. The largest absolute Gasteiger partial charge is 0.352 e. The van der Waals surface area contributed by atoms with Crippen molar-refractivity contribution >= 4 is 27.7 Å². The first-order valence-corrected chi connectivity index (χ1v) is 10.9. The molecule has 0 aliphatic carbocycles. The van der Waals surface area contributed by atoms with Crippen molar-refractivity contribution in [1.82, 2.24) is 10.2 Å². The molecule has 1 N–H and O–H groups in total. The fourth-order valence-electron chi connectivity index (χ4n) is 3.09. The van der Waals surface area contributed by atoms with Gasteiger partial charge in [0.15, 0.2) is 0 Å². The third kappa shape index (κ3) is 6.70. The molecule has 2 atom stereocenters. The molecule has 0 aliphatic rings. The van der Waals surface area contributed by atoms with E-state index >= 15 is 0 Å². The van der Waals surface area contributed by atoms with Crippen LogP contribution in [0.2, 0.25) is 0 Å². The van der Waals surface area contributed by atoms with Gasteiger partial charge in [-0.2, -0.15) is 0 Å². The van der Waals surface area contributed by atoms with Crippen molar-refractivity contribution in [3.8, 4) is 0 Å². The highest BCUT2D eigenvalue weighted by molar-refractivity contribution is 9.10. The van der Waals surface area contributed by atoms with E-state index in [1.807, 2.05) is 64.1 Å². The van der Waals surface area contributed by atoms with E-state index in [0.717, 1.165) is 33.1 Å². The van der Waals surface area contributed by atoms with Gasteiger partial charge >= 0.3 is 0 Å². The monoisotopic (exact) mass is 458 g/mol. The van der Waals surface area contributed by atoms with Crippen LogP contribution in [0.25, 0.3) is 0 Å². The van der Waals surface area contributed by atoms with Gasteiger partial charge < -0.3 is 10.2 Å². The molecule has 0 bridgehead atoms. The predicted molar refractivity (Wildman–Crippen MR) is 122 cm³/mol. The molecule has 0 saturated heterocycles. The number of carbonyl (C=O) groups is 2. The number of nitrogens with zero attached hydrogens (tertiary/aromatic N) is 1. The normalized spacial score (nSPS) is 12.9. The van der Waals surface area contributed by atoms with Gasteiger partial charge in [-0.3, -0.25) is 9.59 Å². The quantitative estimate of drug-likeness (QED) is 0.608. The molecule has 0 fully saturated rings. The fraction of sp³-hybridized carbons (Fsp3) is 0.417. The van der Waals surface area contributed by atoms with Crippen molar-refractivity contribution < 1.29 is 9.59 Å². The summed E-state index contributed by atoms with van der Waals surface area (Å²) in [6, 6.07) is 13.5. The van der Waals surface area contributed by atoms with Crippen LogP contribution in [0.15, 0.2) is 46.9 Å². The van der Waals surface area contributed by atoms with E-state index in [-0.39, 0.29) is 24.3 Å². The zero-order valence-electron chi connectivity index (χ0n) is 18.0. The van der Waals surface area contributed by atoms with Gasteiger partial charge in [0, 0.05) is 17.1 Å². The molecule has 5 heteroatoms. The minimum Gasteiger partial charge on any atom is -0.352 e. The zero-order chi connectivity index (χ0) is 21.6. The number of hydrogen-bond acceptors (Lipinski definition) is 2. The first-order valence-electron chi connectivity index (χ1n) is 10.1. The molecule has 0 spiro atoms. The van der Waals surface area contributed by atoms with Gasteiger partial charge in [0.05, 0.1) is 6.42 Å². The molecule has 2 rings (SSSR count). The molecule has 0 saturated carbocycles. The van der Waals surface area contributed by atoms with Crippen molar-refractivity contribution in [3.63, 3.8) is 0 Å². The Labute approximate surface area is 182 Å². The SMILES string of the molecule is CC[C@H](C)NC(=O)[C@@H](C)N(Cc1ccc(Br)cc1)C(=O)Cc1cc(C)ccc1C. The van der Waals surface area contributed by atoms with Crippen molar-refractivity contribution in [2.45, 2.75) is 66.1 Å². The van der Waals surface area contributed by atoms with E-state index in [1.54, 1.807) is 11.8 Å². The van der Waals surface area contributed by atoms with Gasteiger partial charge in [0.2, 0.25) is 11.8 Å². The summed E-state index contributed by atoms with van der Waals surface area (Å²) in [4.78, 5) is 27.7. The van der Waals surface area contributed by atoms with Crippen LogP contribution in [0, 0.1) is 13.8 Å². The van der Waals surface area contributed by atoms with Gasteiger partial charge in [0.25, 0.3) is 0 Å². The Hall–Kier alpha value is -2.14. The molecular weight excluding hydrogens is 428 g/mol. The minimum atomic E-state index is -0.551. The maximum absolute atomic E-state index is 13.3. The van der Waals surface area contributed by atoms with Gasteiger partial charge in [-0.15, -0.1) is 0 Å². The average molecular weight is 459 g/mol. The maximum atomic E-state index is 13.3.